The van der Waals surface area contributed by atoms with E-state index in [4.69, 9.17) is 0 Å². The molecule has 0 aromatic heterocycles. The van der Waals surface area contributed by atoms with Gasteiger partial charge in [-0.05, 0) is 48.9 Å². The number of aliphatic hydroxyl groups is 1. The van der Waals surface area contributed by atoms with Crippen LogP contribution in [0.1, 0.15) is 24.0 Å². The molecule has 1 saturated carbocycles. The summed E-state index contributed by atoms with van der Waals surface area (Å²) in [5, 5.41) is 9.90. The lowest BCUT2D eigenvalue weighted by molar-refractivity contribution is 0.0849. The van der Waals surface area contributed by atoms with Crippen LogP contribution in [-0.4, -0.2) is 23.7 Å². The third-order valence-corrected chi connectivity index (χ3v) is 11.8. The van der Waals surface area contributed by atoms with Gasteiger partial charge in [-0.2, -0.15) is 0 Å². The zero-order valence-electron chi connectivity index (χ0n) is 15.0. The lowest BCUT2D eigenvalue weighted by Gasteiger charge is -2.52. The second kappa shape index (κ2) is 7.07. The van der Waals surface area contributed by atoms with E-state index in [-0.39, 0.29) is 6.10 Å². The number of hydrogen-bond donors (Lipinski definition) is 1. The molecule has 1 fully saturated rings. The van der Waals surface area contributed by atoms with Crippen LogP contribution in [0.15, 0.2) is 59.5 Å². The van der Waals surface area contributed by atoms with Crippen molar-refractivity contribution in [3.8, 4) is 0 Å². The van der Waals surface area contributed by atoms with Crippen LogP contribution in [0.2, 0.25) is 19.6 Å². The summed E-state index contributed by atoms with van der Waals surface area (Å²) in [7, 11) is -1.33. The molecule has 0 saturated heterocycles. The van der Waals surface area contributed by atoms with Crippen molar-refractivity contribution in [3.05, 3.63) is 65.7 Å². The number of aliphatic hydroxyl groups excluding tert-OH is 1. The molecular formula is C21H28OSSi. The minimum absolute atomic E-state index is 0.0921. The van der Waals surface area contributed by atoms with Crippen molar-refractivity contribution in [1.82, 2.24) is 0 Å². The van der Waals surface area contributed by atoms with Crippen LogP contribution >= 0.6 is 11.8 Å². The molecule has 1 nitrogen and oxygen atoms in total. The zero-order valence-corrected chi connectivity index (χ0v) is 16.8. The van der Waals surface area contributed by atoms with Crippen LogP contribution in [0.4, 0.5) is 0 Å². The summed E-state index contributed by atoms with van der Waals surface area (Å²) in [6.45, 7) is 7.31. The van der Waals surface area contributed by atoms with E-state index in [2.05, 4.69) is 74.2 Å². The first-order valence-corrected chi connectivity index (χ1v) is 13.2. The average Bonchev–Trinajstić information content (AvgIpc) is 2.51. The SMILES string of the molecule is C[Si](C)(C)C1(Sc2cccc(CCc3ccccc3)c2)CC(O)C1. The van der Waals surface area contributed by atoms with Crippen molar-refractivity contribution >= 4 is 19.8 Å². The van der Waals surface area contributed by atoms with Gasteiger partial charge in [0.1, 0.15) is 0 Å². The Hall–Kier alpha value is -1.03. The Kier molecular flexibility index (Phi) is 5.23. The van der Waals surface area contributed by atoms with Crippen LogP contribution in [0, 0.1) is 0 Å². The van der Waals surface area contributed by atoms with Crippen molar-refractivity contribution in [2.75, 3.05) is 0 Å². The molecule has 0 unspecified atom stereocenters. The van der Waals surface area contributed by atoms with Crippen molar-refractivity contribution < 1.29 is 5.11 Å². The Bertz CT molecular complexity index is 672. The van der Waals surface area contributed by atoms with Gasteiger partial charge >= 0.3 is 0 Å². The highest BCUT2D eigenvalue weighted by Gasteiger charge is 2.53. The molecule has 0 amide bonds. The summed E-state index contributed by atoms with van der Waals surface area (Å²) in [5.74, 6) is 0. The highest BCUT2D eigenvalue weighted by Crippen LogP contribution is 2.53. The molecule has 1 aliphatic rings. The molecule has 0 bridgehead atoms. The largest absolute Gasteiger partial charge is 0.393 e. The maximum absolute atomic E-state index is 9.90. The molecule has 3 heteroatoms. The van der Waals surface area contributed by atoms with Gasteiger partial charge in [-0.15, -0.1) is 11.8 Å². The van der Waals surface area contributed by atoms with Gasteiger partial charge < -0.3 is 5.11 Å². The Morgan fingerprint density at radius 2 is 1.58 bits per heavy atom. The maximum atomic E-state index is 9.90. The Morgan fingerprint density at radius 1 is 0.958 bits per heavy atom. The van der Waals surface area contributed by atoms with E-state index in [0.717, 1.165) is 25.7 Å². The predicted octanol–water partition coefficient (Wildman–Crippen LogP) is 5.33. The fraction of sp³-hybridized carbons (Fsp3) is 0.429. The normalized spacial score (nSPS) is 23.8. The van der Waals surface area contributed by atoms with Crippen LogP contribution < -0.4 is 0 Å². The van der Waals surface area contributed by atoms with E-state index in [1.165, 1.54) is 16.0 Å². The maximum Gasteiger partial charge on any atom is 0.0633 e. The molecular weight excluding hydrogens is 328 g/mol. The molecule has 24 heavy (non-hydrogen) atoms. The van der Waals surface area contributed by atoms with E-state index in [9.17, 15) is 5.11 Å². The molecule has 0 heterocycles. The highest BCUT2D eigenvalue weighted by atomic mass is 32.2. The van der Waals surface area contributed by atoms with E-state index in [1.54, 1.807) is 0 Å². The van der Waals surface area contributed by atoms with E-state index in [0.29, 0.717) is 4.37 Å². The quantitative estimate of drug-likeness (QED) is 0.706. The van der Waals surface area contributed by atoms with Gasteiger partial charge in [-0.25, -0.2) is 0 Å². The lowest BCUT2D eigenvalue weighted by Crippen LogP contribution is -2.60. The minimum Gasteiger partial charge on any atom is -0.393 e. The van der Waals surface area contributed by atoms with E-state index in [1.807, 2.05) is 11.8 Å². The van der Waals surface area contributed by atoms with Crippen LogP contribution in [0.5, 0.6) is 0 Å². The molecule has 1 N–H and O–H groups in total. The van der Waals surface area contributed by atoms with Gasteiger partial charge in [0.25, 0.3) is 0 Å². The molecule has 0 spiro atoms. The van der Waals surface area contributed by atoms with Gasteiger partial charge in [0.15, 0.2) is 0 Å². The van der Waals surface area contributed by atoms with Gasteiger partial charge in [0.05, 0.1) is 14.2 Å². The van der Waals surface area contributed by atoms with Gasteiger partial charge in [0, 0.05) is 9.27 Å². The summed E-state index contributed by atoms with van der Waals surface area (Å²) >= 11 is 2.03. The molecule has 2 aromatic rings. The third-order valence-electron chi connectivity index (χ3n) is 5.25. The monoisotopic (exact) mass is 356 g/mol. The van der Waals surface area contributed by atoms with E-state index < -0.39 is 8.07 Å². The van der Waals surface area contributed by atoms with Crippen molar-refractivity contribution in [2.45, 2.75) is 60.7 Å². The Balaban J connectivity index is 1.69. The van der Waals surface area contributed by atoms with Crippen molar-refractivity contribution in [3.63, 3.8) is 0 Å². The molecule has 2 aromatic carbocycles. The smallest absolute Gasteiger partial charge is 0.0633 e. The lowest BCUT2D eigenvalue weighted by atomic mass is 9.94. The van der Waals surface area contributed by atoms with E-state index >= 15 is 0 Å². The molecule has 3 rings (SSSR count). The second-order valence-electron chi connectivity index (χ2n) is 8.04. The minimum atomic E-state index is -1.33. The van der Waals surface area contributed by atoms with Crippen molar-refractivity contribution in [2.24, 2.45) is 0 Å². The van der Waals surface area contributed by atoms with Crippen LogP contribution in [-0.2, 0) is 12.8 Å². The number of hydrogen-bond acceptors (Lipinski definition) is 2. The summed E-state index contributed by atoms with van der Waals surface area (Å²) in [6.07, 6.45) is 4.00. The topological polar surface area (TPSA) is 20.2 Å². The molecule has 0 radical (unpaired) electrons. The summed E-state index contributed by atoms with van der Waals surface area (Å²) in [5.41, 5.74) is 2.81. The fourth-order valence-corrected chi connectivity index (χ4v) is 8.11. The number of rotatable bonds is 6. The van der Waals surface area contributed by atoms with Crippen LogP contribution in [0.3, 0.4) is 0 Å². The van der Waals surface area contributed by atoms with Crippen molar-refractivity contribution in [1.29, 1.82) is 0 Å². The summed E-state index contributed by atoms with van der Waals surface area (Å²) in [4.78, 5) is 1.37. The van der Waals surface area contributed by atoms with Gasteiger partial charge in [0.2, 0.25) is 0 Å². The number of aryl methyl sites for hydroxylation is 2. The summed E-state index contributed by atoms with van der Waals surface area (Å²) < 4.78 is 0.296. The Morgan fingerprint density at radius 3 is 2.21 bits per heavy atom. The van der Waals surface area contributed by atoms with Gasteiger partial charge in [-0.1, -0.05) is 62.1 Å². The molecule has 1 aliphatic carbocycles. The molecule has 128 valence electrons. The first-order chi connectivity index (χ1) is 11.4. The fourth-order valence-electron chi connectivity index (χ4n) is 3.47. The first kappa shape index (κ1) is 17.8. The molecule has 0 aliphatic heterocycles. The van der Waals surface area contributed by atoms with Gasteiger partial charge in [-0.3, -0.25) is 0 Å². The van der Waals surface area contributed by atoms with Crippen LogP contribution in [0.25, 0.3) is 0 Å². The third kappa shape index (κ3) is 3.96. The predicted molar refractivity (Wildman–Crippen MR) is 107 cm³/mol. The number of benzene rings is 2. The summed E-state index contributed by atoms with van der Waals surface area (Å²) in [6, 6.07) is 19.7. The highest BCUT2D eigenvalue weighted by molar-refractivity contribution is 8.02. The Labute approximate surface area is 151 Å². The second-order valence-corrected chi connectivity index (χ2v) is 15.3. The first-order valence-electron chi connectivity index (χ1n) is 8.88. The zero-order chi connectivity index (χ0) is 17.2. The molecule has 0 atom stereocenters. The average molecular weight is 357 g/mol. The standard InChI is InChI=1S/C21H28OSSi/c1-24(2,3)21(15-19(22)16-21)23-20-11-7-10-18(14-20)13-12-17-8-5-4-6-9-17/h4-11,14,19,22H,12-13,15-16H2,1-3H3. The number of thioether (sulfide) groups is 1.